The summed E-state index contributed by atoms with van der Waals surface area (Å²) in [6, 6.07) is 0. The first-order valence-corrected chi connectivity index (χ1v) is 5.91. The summed E-state index contributed by atoms with van der Waals surface area (Å²) in [5.74, 6) is -0.469. The maximum absolute atomic E-state index is 11.4. The number of carbonyl (C=O) groups excluding carboxylic acids is 2. The van der Waals surface area contributed by atoms with Crippen LogP contribution < -0.4 is 0 Å². The third-order valence-corrected chi connectivity index (χ3v) is 2.49. The van der Waals surface area contributed by atoms with Gasteiger partial charge in [0.25, 0.3) is 0 Å². The van der Waals surface area contributed by atoms with Crippen molar-refractivity contribution >= 4 is 11.9 Å². The summed E-state index contributed by atoms with van der Waals surface area (Å²) < 4.78 is 9.78. The molecule has 96 valence electrons. The Morgan fingerprint density at radius 1 is 1.29 bits per heavy atom. The fourth-order valence-electron chi connectivity index (χ4n) is 1.65. The van der Waals surface area contributed by atoms with Crippen molar-refractivity contribution in [2.75, 3.05) is 32.8 Å². The van der Waals surface area contributed by atoms with E-state index in [1.807, 2.05) is 11.0 Å². The molecule has 0 bridgehead atoms. The summed E-state index contributed by atoms with van der Waals surface area (Å²) in [7, 11) is 0. The molecule has 0 amide bonds. The molecule has 17 heavy (non-hydrogen) atoms. The lowest BCUT2D eigenvalue weighted by Crippen LogP contribution is -2.35. The van der Waals surface area contributed by atoms with Crippen LogP contribution in [0.25, 0.3) is 0 Å². The van der Waals surface area contributed by atoms with Crippen molar-refractivity contribution in [3.05, 3.63) is 11.6 Å². The second kappa shape index (κ2) is 7.06. The molecule has 0 aliphatic carbocycles. The second-order valence-electron chi connectivity index (χ2n) is 3.74. The zero-order valence-corrected chi connectivity index (χ0v) is 10.4. The topological polar surface area (TPSA) is 55.8 Å². The van der Waals surface area contributed by atoms with Crippen LogP contribution in [0, 0.1) is 0 Å². The molecule has 1 aliphatic heterocycles. The first-order valence-electron chi connectivity index (χ1n) is 5.91. The first-order chi connectivity index (χ1) is 8.17. The number of nitrogens with zero attached hydrogens (tertiary/aromatic N) is 1. The average Bonchev–Trinajstić information content (AvgIpc) is 2.30. The third kappa shape index (κ3) is 4.56. The molecule has 0 aromatic heterocycles. The number of ether oxygens (including phenoxy) is 2. The van der Waals surface area contributed by atoms with Gasteiger partial charge in [-0.1, -0.05) is 6.08 Å². The highest BCUT2D eigenvalue weighted by Gasteiger charge is 2.19. The lowest BCUT2D eigenvalue weighted by atomic mass is 10.1. The Bertz CT molecular complexity index is 312. The van der Waals surface area contributed by atoms with E-state index in [1.165, 1.54) is 0 Å². The Labute approximate surface area is 101 Å². The van der Waals surface area contributed by atoms with E-state index >= 15 is 0 Å². The smallest absolute Gasteiger partial charge is 0.333 e. The van der Waals surface area contributed by atoms with Crippen molar-refractivity contribution in [1.82, 2.24) is 4.90 Å². The molecule has 1 rings (SSSR count). The van der Waals surface area contributed by atoms with Gasteiger partial charge >= 0.3 is 11.9 Å². The second-order valence-corrected chi connectivity index (χ2v) is 3.74. The predicted molar refractivity (Wildman–Crippen MR) is 62.4 cm³/mol. The number of carbonyl (C=O) groups is 2. The van der Waals surface area contributed by atoms with E-state index in [9.17, 15) is 9.59 Å². The van der Waals surface area contributed by atoms with Gasteiger partial charge in [0.2, 0.25) is 0 Å². The molecule has 0 unspecified atom stereocenters. The van der Waals surface area contributed by atoms with Crippen molar-refractivity contribution in [2.24, 2.45) is 0 Å². The molecule has 0 aromatic carbocycles. The molecule has 0 radical (unpaired) electrons. The van der Waals surface area contributed by atoms with E-state index in [4.69, 9.17) is 9.47 Å². The number of hydrogen-bond donors (Lipinski definition) is 0. The quantitative estimate of drug-likeness (QED) is 0.665. The van der Waals surface area contributed by atoms with Gasteiger partial charge in [0.1, 0.15) is 0 Å². The normalized spacial score (nSPS) is 16.2. The van der Waals surface area contributed by atoms with E-state index in [-0.39, 0.29) is 18.5 Å². The minimum Gasteiger partial charge on any atom is -0.465 e. The van der Waals surface area contributed by atoms with Crippen LogP contribution in [-0.4, -0.2) is 49.7 Å². The number of hydrogen-bond acceptors (Lipinski definition) is 5. The standard InChI is InChI=1S/C12H19NO4/c1-3-16-11(14)9-13-7-5-10(6-8-13)12(15)17-4-2/h5H,3-4,6-9H2,1-2H3. The van der Waals surface area contributed by atoms with Crippen molar-refractivity contribution in [1.29, 1.82) is 0 Å². The maximum Gasteiger partial charge on any atom is 0.333 e. The molecule has 0 atom stereocenters. The van der Waals surface area contributed by atoms with E-state index in [2.05, 4.69) is 0 Å². The monoisotopic (exact) mass is 241 g/mol. The molecule has 5 nitrogen and oxygen atoms in total. The van der Waals surface area contributed by atoms with Crippen molar-refractivity contribution < 1.29 is 19.1 Å². The van der Waals surface area contributed by atoms with Crippen molar-refractivity contribution in [2.45, 2.75) is 20.3 Å². The fraction of sp³-hybridized carbons (Fsp3) is 0.667. The van der Waals surface area contributed by atoms with Crippen LogP contribution >= 0.6 is 0 Å². The third-order valence-electron chi connectivity index (χ3n) is 2.49. The Kier molecular flexibility index (Phi) is 5.69. The van der Waals surface area contributed by atoms with Gasteiger partial charge in [-0.25, -0.2) is 4.79 Å². The summed E-state index contributed by atoms with van der Waals surface area (Å²) in [5, 5.41) is 0. The minimum absolute atomic E-state index is 0.222. The van der Waals surface area contributed by atoms with Crippen LogP contribution in [0.2, 0.25) is 0 Å². The van der Waals surface area contributed by atoms with Crippen LogP contribution in [0.15, 0.2) is 11.6 Å². The molecular formula is C12H19NO4. The van der Waals surface area contributed by atoms with Gasteiger partial charge in [-0.05, 0) is 20.3 Å². The van der Waals surface area contributed by atoms with Gasteiger partial charge in [-0.3, -0.25) is 9.69 Å². The fourth-order valence-corrected chi connectivity index (χ4v) is 1.65. The maximum atomic E-state index is 11.4. The van der Waals surface area contributed by atoms with E-state index in [1.54, 1.807) is 13.8 Å². The molecule has 0 spiro atoms. The average molecular weight is 241 g/mol. The molecule has 0 fully saturated rings. The summed E-state index contributed by atoms with van der Waals surface area (Å²) in [5.41, 5.74) is 0.701. The van der Waals surface area contributed by atoms with Crippen molar-refractivity contribution in [3.63, 3.8) is 0 Å². The largest absolute Gasteiger partial charge is 0.465 e. The summed E-state index contributed by atoms with van der Waals surface area (Å²) in [4.78, 5) is 24.6. The van der Waals surface area contributed by atoms with Crippen LogP contribution in [0.1, 0.15) is 20.3 Å². The molecule has 0 N–H and O–H groups in total. The molecule has 0 saturated carbocycles. The van der Waals surface area contributed by atoms with Gasteiger partial charge in [0, 0.05) is 18.7 Å². The van der Waals surface area contributed by atoms with Gasteiger partial charge in [0.05, 0.1) is 19.8 Å². The summed E-state index contributed by atoms with van der Waals surface area (Å²) in [6.07, 6.45) is 2.44. The van der Waals surface area contributed by atoms with Crippen LogP contribution in [0.3, 0.4) is 0 Å². The minimum atomic E-state index is -0.247. The molecule has 5 heteroatoms. The SMILES string of the molecule is CCOC(=O)CN1CC=C(C(=O)OCC)CC1. The van der Waals surface area contributed by atoms with Crippen LogP contribution in [0.5, 0.6) is 0 Å². The summed E-state index contributed by atoms with van der Waals surface area (Å²) >= 11 is 0. The van der Waals surface area contributed by atoms with Gasteiger partial charge in [-0.2, -0.15) is 0 Å². The molecule has 1 aliphatic rings. The lowest BCUT2D eigenvalue weighted by Gasteiger charge is -2.24. The number of esters is 2. The Morgan fingerprint density at radius 2 is 2.00 bits per heavy atom. The zero-order chi connectivity index (χ0) is 12.7. The van der Waals surface area contributed by atoms with Crippen molar-refractivity contribution in [3.8, 4) is 0 Å². The molecular weight excluding hydrogens is 222 g/mol. The van der Waals surface area contributed by atoms with Crippen LogP contribution in [0.4, 0.5) is 0 Å². The van der Waals surface area contributed by atoms with E-state index < -0.39 is 0 Å². The molecule has 1 heterocycles. The highest BCUT2D eigenvalue weighted by atomic mass is 16.5. The number of rotatable bonds is 5. The predicted octanol–water partition coefficient (Wildman–Crippen LogP) is 0.745. The molecule has 0 aromatic rings. The Hall–Kier alpha value is -1.36. The first kappa shape index (κ1) is 13.7. The van der Waals surface area contributed by atoms with Crippen LogP contribution in [-0.2, 0) is 19.1 Å². The van der Waals surface area contributed by atoms with E-state index in [0.717, 1.165) is 0 Å². The Morgan fingerprint density at radius 3 is 2.53 bits per heavy atom. The van der Waals surface area contributed by atoms with Gasteiger partial charge < -0.3 is 9.47 Å². The highest BCUT2D eigenvalue weighted by molar-refractivity contribution is 5.88. The van der Waals surface area contributed by atoms with Gasteiger partial charge in [-0.15, -0.1) is 0 Å². The highest BCUT2D eigenvalue weighted by Crippen LogP contribution is 2.12. The molecule has 0 saturated heterocycles. The van der Waals surface area contributed by atoms with E-state index in [0.29, 0.717) is 38.3 Å². The lowest BCUT2D eigenvalue weighted by molar-refractivity contribution is -0.144. The Balaban J connectivity index is 2.38. The van der Waals surface area contributed by atoms with Gasteiger partial charge in [0.15, 0.2) is 0 Å². The zero-order valence-electron chi connectivity index (χ0n) is 10.4. The summed E-state index contributed by atoms with van der Waals surface area (Å²) in [6.45, 7) is 5.91.